The standard InChI is InChI=1S/C19H26O5S2/c1-7-8-9-10-15(2)23-19(22)17(12-14-26(5)6)24-18(21)16(20)11-13-25(3)4/h16-17,20H,1,3,5,11-14H2,2,4,6H3. The first-order valence-corrected chi connectivity index (χ1v) is 11.7. The Morgan fingerprint density at radius 1 is 1.08 bits per heavy atom. The number of esters is 2. The summed E-state index contributed by atoms with van der Waals surface area (Å²) < 4.78 is 10.3. The largest absolute Gasteiger partial charge is 0.448 e. The van der Waals surface area contributed by atoms with Crippen LogP contribution in [0.4, 0.5) is 0 Å². The molecule has 0 saturated carbocycles. The second kappa shape index (κ2) is 13.4. The summed E-state index contributed by atoms with van der Waals surface area (Å²) in [5, 5.41) is 9.89. The molecule has 0 fully saturated rings. The first kappa shape index (κ1) is 24.2. The number of carbonyl (C=O) groups excluding carboxylic acids is 2. The van der Waals surface area contributed by atoms with Gasteiger partial charge in [0, 0.05) is 13.3 Å². The Bertz CT molecular complexity index is 714. The second-order valence-corrected chi connectivity index (χ2v) is 9.46. The molecule has 0 aromatic heterocycles. The molecular weight excluding hydrogens is 372 g/mol. The van der Waals surface area contributed by atoms with Crippen LogP contribution in [0.2, 0.25) is 0 Å². The van der Waals surface area contributed by atoms with Crippen molar-refractivity contribution in [2.24, 2.45) is 0 Å². The maximum atomic E-state index is 12.3. The van der Waals surface area contributed by atoms with Crippen molar-refractivity contribution in [1.82, 2.24) is 0 Å². The van der Waals surface area contributed by atoms with E-state index in [0.717, 1.165) is 0 Å². The fraction of sp³-hybridized carbons (Fsp3) is 0.474. The lowest BCUT2D eigenvalue weighted by atomic mass is 10.2. The van der Waals surface area contributed by atoms with E-state index in [9.17, 15) is 14.7 Å². The lowest BCUT2D eigenvalue weighted by Gasteiger charge is -2.18. The molecule has 0 heterocycles. The van der Waals surface area contributed by atoms with Gasteiger partial charge < -0.3 is 14.6 Å². The third-order valence-corrected chi connectivity index (χ3v) is 4.77. The molecule has 0 amide bonds. The summed E-state index contributed by atoms with van der Waals surface area (Å²) in [6, 6.07) is 0. The second-order valence-electron chi connectivity index (χ2n) is 5.52. The van der Waals surface area contributed by atoms with Crippen LogP contribution in [-0.4, -0.2) is 65.0 Å². The van der Waals surface area contributed by atoms with Crippen LogP contribution < -0.4 is 0 Å². The summed E-state index contributed by atoms with van der Waals surface area (Å²) in [7, 11) is -0.332. The Balaban J connectivity index is 5.11. The highest BCUT2D eigenvalue weighted by atomic mass is 32.2. The molecule has 0 bridgehead atoms. The van der Waals surface area contributed by atoms with Gasteiger partial charge in [-0.25, -0.2) is 9.59 Å². The van der Waals surface area contributed by atoms with Crippen LogP contribution in [-0.2, 0) is 19.1 Å². The van der Waals surface area contributed by atoms with Crippen LogP contribution in [0.5, 0.6) is 0 Å². The van der Waals surface area contributed by atoms with E-state index in [4.69, 9.17) is 9.47 Å². The van der Waals surface area contributed by atoms with Crippen molar-refractivity contribution in [3.8, 4) is 0 Å². The normalized spacial score (nSPS) is 14.3. The van der Waals surface area contributed by atoms with Gasteiger partial charge in [-0.2, -0.15) is 21.0 Å². The number of allylic oxidation sites excluding steroid dienone is 1. The van der Waals surface area contributed by atoms with Gasteiger partial charge in [0.2, 0.25) is 0 Å². The molecule has 4 unspecified atom stereocenters. The van der Waals surface area contributed by atoms with Gasteiger partial charge in [-0.3, -0.25) is 0 Å². The third kappa shape index (κ3) is 11.7. The Labute approximate surface area is 160 Å². The number of aliphatic hydroxyl groups excluding tert-OH is 1. The summed E-state index contributed by atoms with van der Waals surface area (Å²) in [5.74, 6) is 7.43. The molecule has 144 valence electrons. The Kier molecular flexibility index (Phi) is 12.5. The molecule has 0 aliphatic carbocycles. The van der Waals surface area contributed by atoms with Crippen molar-refractivity contribution in [1.29, 1.82) is 0 Å². The van der Waals surface area contributed by atoms with E-state index in [1.54, 1.807) is 0 Å². The molecule has 0 spiro atoms. The molecule has 7 heteroatoms. The van der Waals surface area contributed by atoms with Gasteiger partial charge in [-0.15, -0.1) is 0 Å². The summed E-state index contributed by atoms with van der Waals surface area (Å²) in [4.78, 5) is 24.3. The zero-order valence-electron chi connectivity index (χ0n) is 15.5. The number of carbonyl (C=O) groups is 2. The molecule has 4 atom stereocenters. The van der Waals surface area contributed by atoms with Gasteiger partial charge in [0.15, 0.2) is 18.0 Å². The Hall–Kier alpha value is -1.80. The minimum absolute atomic E-state index is 0.136. The van der Waals surface area contributed by atoms with Gasteiger partial charge in [0.05, 0.1) is 0 Å². The number of aliphatic hydroxyl groups is 1. The number of hydrogen-bond acceptors (Lipinski definition) is 5. The van der Waals surface area contributed by atoms with Crippen LogP contribution in [0, 0.1) is 0 Å². The minimum atomic E-state index is -1.29. The third-order valence-electron chi connectivity index (χ3n) is 2.90. The van der Waals surface area contributed by atoms with Crippen molar-refractivity contribution in [3.63, 3.8) is 0 Å². The monoisotopic (exact) mass is 398 g/mol. The molecule has 0 aliphatic rings. The molecular formula is C19H26O5S2. The summed E-state index contributed by atoms with van der Waals surface area (Å²) in [6.07, 6.45) is 1.90. The number of ether oxygens (including phenoxy) is 2. The van der Waals surface area contributed by atoms with Crippen LogP contribution in [0.3, 0.4) is 0 Å². The van der Waals surface area contributed by atoms with Crippen molar-refractivity contribution in [3.05, 3.63) is 35.3 Å². The van der Waals surface area contributed by atoms with Gasteiger partial charge in [0.25, 0.3) is 0 Å². The highest BCUT2D eigenvalue weighted by Gasteiger charge is 2.28. The quantitative estimate of drug-likeness (QED) is 0.265. The van der Waals surface area contributed by atoms with Crippen molar-refractivity contribution in [2.75, 3.05) is 24.0 Å². The first-order valence-electron chi connectivity index (χ1n) is 7.73. The lowest BCUT2D eigenvalue weighted by molar-refractivity contribution is -0.171. The number of rotatable bonds is 10. The maximum Gasteiger partial charge on any atom is 0.353 e. The van der Waals surface area contributed by atoms with Gasteiger partial charge in [0.1, 0.15) is 0 Å². The SMILES string of the molecule is C=C=C=C=C=C(C)OC(=O)C(CCS(=C)C)OC(=O)C(O)CCS(=C)C. The average molecular weight is 399 g/mol. The lowest BCUT2D eigenvalue weighted by Crippen LogP contribution is -2.34. The van der Waals surface area contributed by atoms with Crippen LogP contribution in [0.15, 0.2) is 35.3 Å². The highest BCUT2D eigenvalue weighted by molar-refractivity contribution is 8.13. The smallest absolute Gasteiger partial charge is 0.353 e. The Morgan fingerprint density at radius 3 is 2.19 bits per heavy atom. The van der Waals surface area contributed by atoms with E-state index >= 15 is 0 Å². The fourth-order valence-corrected chi connectivity index (χ4v) is 2.83. The summed E-state index contributed by atoms with van der Waals surface area (Å²) in [6.45, 7) is 4.82. The van der Waals surface area contributed by atoms with E-state index in [-0.39, 0.29) is 39.6 Å². The van der Waals surface area contributed by atoms with E-state index in [2.05, 4.69) is 41.2 Å². The van der Waals surface area contributed by atoms with E-state index in [1.165, 1.54) is 6.92 Å². The topological polar surface area (TPSA) is 72.8 Å². The molecule has 0 radical (unpaired) electrons. The van der Waals surface area contributed by atoms with Gasteiger partial charge in [-0.1, -0.05) is 17.5 Å². The molecule has 0 aliphatic heterocycles. The van der Waals surface area contributed by atoms with E-state index < -0.39 is 24.1 Å². The van der Waals surface area contributed by atoms with Crippen LogP contribution in [0.1, 0.15) is 19.8 Å². The van der Waals surface area contributed by atoms with E-state index in [1.807, 2.05) is 12.5 Å². The molecule has 0 aromatic rings. The molecule has 26 heavy (non-hydrogen) atoms. The van der Waals surface area contributed by atoms with E-state index in [0.29, 0.717) is 11.5 Å². The first-order chi connectivity index (χ1) is 12.2. The summed E-state index contributed by atoms with van der Waals surface area (Å²) >= 11 is 0. The highest BCUT2D eigenvalue weighted by Crippen LogP contribution is 2.14. The minimum Gasteiger partial charge on any atom is -0.448 e. The van der Waals surface area contributed by atoms with Gasteiger partial charge >= 0.3 is 11.9 Å². The predicted molar refractivity (Wildman–Crippen MR) is 111 cm³/mol. The summed E-state index contributed by atoms with van der Waals surface area (Å²) in [5.41, 5.74) is 9.80. The average Bonchev–Trinajstić information content (AvgIpc) is 2.55. The zero-order chi connectivity index (χ0) is 20.1. The van der Waals surface area contributed by atoms with Crippen molar-refractivity contribution >= 4 is 44.6 Å². The van der Waals surface area contributed by atoms with Crippen molar-refractivity contribution < 1.29 is 24.2 Å². The maximum absolute atomic E-state index is 12.3. The molecule has 0 saturated heterocycles. The molecule has 5 nitrogen and oxygen atoms in total. The van der Waals surface area contributed by atoms with Gasteiger partial charge in [-0.05, 0) is 54.2 Å². The van der Waals surface area contributed by atoms with Crippen molar-refractivity contribution in [2.45, 2.75) is 32.0 Å². The van der Waals surface area contributed by atoms with Crippen LogP contribution in [0.25, 0.3) is 0 Å². The Morgan fingerprint density at radius 2 is 1.65 bits per heavy atom. The fourth-order valence-electron chi connectivity index (χ4n) is 1.59. The predicted octanol–water partition coefficient (Wildman–Crippen LogP) is 2.40. The zero-order valence-corrected chi connectivity index (χ0v) is 17.1. The molecule has 0 aromatic carbocycles. The molecule has 0 rings (SSSR count). The van der Waals surface area contributed by atoms with Crippen LogP contribution >= 0.6 is 21.0 Å². The molecule has 1 N–H and O–H groups in total. The number of hydrogen-bond donors (Lipinski definition) is 1.